The number of imidazole rings is 4. The van der Waals surface area contributed by atoms with E-state index in [1.807, 2.05) is 175 Å². The molecule has 120 heavy (non-hydrogen) atoms. The molecule has 1 amide bonds. The summed E-state index contributed by atoms with van der Waals surface area (Å²) in [5.74, 6) is 4.58. The van der Waals surface area contributed by atoms with Crippen molar-refractivity contribution in [2.75, 3.05) is 55.2 Å². The maximum absolute atomic E-state index is 14.6. The number of carbonyl (C=O) groups excluding carboxylic acids is 1. The Kier molecular flexibility index (Phi) is 21.4. The van der Waals surface area contributed by atoms with E-state index in [9.17, 15) is 13.6 Å². The molecular weight excluding hydrogens is 1570 g/mol. The quantitative estimate of drug-likeness (QED) is 0.0659. The van der Waals surface area contributed by atoms with Crippen molar-refractivity contribution < 1.29 is 32.2 Å². The number of hydrogen-bond donors (Lipinski definition) is 4. The molecule has 28 nitrogen and oxygen atoms in total. The third-order valence-electron chi connectivity index (χ3n) is 21.3. The number of furan rings is 1. The molecule has 0 spiro atoms. The first-order valence-corrected chi connectivity index (χ1v) is 39.8. The van der Waals surface area contributed by atoms with Gasteiger partial charge in [-0.2, -0.15) is 15.3 Å². The fourth-order valence-corrected chi connectivity index (χ4v) is 16.3. The molecular formula is C88H85Cl2F2N23O5. The average molecular weight is 1650 g/mol. The Hall–Kier alpha value is -13.7. The number of amides is 1. The first kappa shape index (κ1) is 78.8. The van der Waals surface area contributed by atoms with Gasteiger partial charge in [0, 0.05) is 190 Å². The molecule has 17 aromatic rings. The first-order valence-electron chi connectivity index (χ1n) is 39.1. The highest BCUT2D eigenvalue weighted by atomic mass is 35.5. The van der Waals surface area contributed by atoms with Crippen molar-refractivity contribution >= 4 is 86.5 Å². The van der Waals surface area contributed by atoms with E-state index in [1.54, 1.807) is 69.2 Å². The third kappa shape index (κ3) is 15.4. The maximum Gasteiger partial charge on any atom is 0.253 e. The minimum atomic E-state index is -0.286. The number of carbonyl (C=O) groups is 1. The lowest BCUT2D eigenvalue weighted by atomic mass is 10.0. The smallest absolute Gasteiger partial charge is 0.253 e. The minimum Gasteiger partial charge on any atom is -0.493 e. The molecule has 0 atom stereocenters. The van der Waals surface area contributed by atoms with Crippen molar-refractivity contribution in [2.24, 2.45) is 21.1 Å². The Bertz CT molecular complexity index is 6850. The summed E-state index contributed by atoms with van der Waals surface area (Å²) in [5.41, 5.74) is 24.6. The molecule has 5 aromatic carbocycles. The molecule has 3 aliphatic rings. The van der Waals surface area contributed by atoms with E-state index in [-0.39, 0.29) is 30.6 Å². The molecule has 0 aliphatic carbocycles. The second-order valence-corrected chi connectivity index (χ2v) is 30.8. The van der Waals surface area contributed by atoms with Crippen LogP contribution in [0.3, 0.4) is 0 Å². The molecule has 0 saturated heterocycles. The zero-order valence-electron chi connectivity index (χ0n) is 68.1. The summed E-state index contributed by atoms with van der Waals surface area (Å²) < 4.78 is 64.6. The van der Waals surface area contributed by atoms with Crippen LogP contribution in [0.1, 0.15) is 89.2 Å². The van der Waals surface area contributed by atoms with Gasteiger partial charge < -0.3 is 44.8 Å². The first-order chi connectivity index (χ1) is 57.9. The molecule has 12 aromatic heterocycles. The second kappa shape index (κ2) is 32.6. The standard InChI is InChI=1S/C25H23ClFN5O2.C21H21ClN6O.C21H19FN6O.C21H22N6O/c1-14-13-32-23(30-14)19(16-5-4-15(10-20(16)26)24(33)31(2)3)12-29-25(32)28-11-18-17-8-9-34-22(17)7-6-21(18)27;2*1-12-8-18(27(3)26-12)16-10-24-21(28-11-13(2)25-20(16)28)23-9-15-14-6-7-29-19(14)5-4-17(15)22;1-13-9-18(26(3)25-13)17-11-23-21(27-12-14(2)24-20(17)27)22-10-15-5-4-6-19-16(15)7-8-28-19/h4-7,10,12-13H,8-9,11H2,1-3H3,(H,28,29);4-5,8,10-11H,6-7,9H2,1-3H3,(H,23,24);4-8,10-11H,9H2,1-3H3,(H,23,24);4-6,9,11-12H,7-8,10H2,1-3H3,(H,22,23). The number of rotatable bonds is 17. The van der Waals surface area contributed by atoms with E-state index in [4.69, 9.17) is 56.8 Å². The molecule has 15 heterocycles. The number of fused-ring (bicyclic) bond motifs is 8. The highest BCUT2D eigenvalue weighted by Gasteiger charge is 2.26. The molecule has 32 heteroatoms. The van der Waals surface area contributed by atoms with E-state index in [2.05, 4.69) is 73.6 Å². The highest BCUT2D eigenvalue weighted by Crippen LogP contribution is 2.39. The van der Waals surface area contributed by atoms with Crippen LogP contribution in [0.2, 0.25) is 10.0 Å². The number of nitrogens with one attached hydrogen (secondary N) is 4. The SMILES string of the molecule is Cc1cn2c(NCc3c(Cl)ccc4c3CCO4)ncc(-c3cc(C)nn3C)c2n1.Cc1cn2c(NCc3c(F)ccc4c3CCO4)ncc(-c3ccc(C(=O)N(C)C)cc3Cl)c2n1.Cc1cn2c(NCc3c(F)ccc4occc34)ncc(-c3cc(C)nn3C)c2n1.Cc1cn2c(NCc3cccc4c3CCO4)ncc(-c3cc(C)nn3C)c2n1. The Morgan fingerprint density at radius 2 is 0.858 bits per heavy atom. The summed E-state index contributed by atoms with van der Waals surface area (Å²) in [7, 11) is 9.16. The fourth-order valence-electron chi connectivity index (χ4n) is 15.8. The molecule has 0 unspecified atom stereocenters. The molecule has 4 N–H and O–H groups in total. The van der Waals surface area contributed by atoms with Crippen LogP contribution in [-0.4, -0.2) is 132 Å². The summed E-state index contributed by atoms with van der Waals surface area (Å²) in [5, 5.41) is 28.7. The third-order valence-corrected chi connectivity index (χ3v) is 22.0. The zero-order chi connectivity index (χ0) is 83.5. The van der Waals surface area contributed by atoms with Crippen LogP contribution in [0.15, 0.2) is 157 Å². The van der Waals surface area contributed by atoms with Crippen LogP contribution in [0.25, 0.3) is 78.5 Å². The van der Waals surface area contributed by atoms with Gasteiger partial charge in [0.05, 0.1) is 99.7 Å². The summed E-state index contributed by atoms with van der Waals surface area (Å²) in [6.07, 6.45) is 19.0. The van der Waals surface area contributed by atoms with Crippen LogP contribution in [0.5, 0.6) is 17.2 Å². The van der Waals surface area contributed by atoms with Crippen molar-refractivity contribution in [1.29, 1.82) is 0 Å². The Balaban J connectivity index is 0.000000114. The second-order valence-electron chi connectivity index (χ2n) is 30.0. The molecule has 0 fully saturated rings. The van der Waals surface area contributed by atoms with E-state index in [0.29, 0.717) is 77.6 Å². The number of ether oxygens (including phenoxy) is 3. The van der Waals surface area contributed by atoms with Gasteiger partial charge in [-0.25, -0.2) is 48.7 Å². The normalized spacial score (nSPS) is 12.5. The Labute approximate surface area is 697 Å². The summed E-state index contributed by atoms with van der Waals surface area (Å²) in [4.78, 5) is 51.1. The molecule has 3 aliphatic heterocycles. The van der Waals surface area contributed by atoms with E-state index >= 15 is 0 Å². The van der Waals surface area contributed by atoms with Crippen LogP contribution in [0, 0.1) is 60.1 Å². The summed E-state index contributed by atoms with van der Waals surface area (Å²) >= 11 is 13.0. The van der Waals surface area contributed by atoms with E-state index in [1.165, 1.54) is 33.7 Å². The van der Waals surface area contributed by atoms with Crippen molar-refractivity contribution in [3.05, 3.63) is 259 Å². The topological polar surface area (TPSA) is 283 Å². The number of benzene rings is 5. The minimum absolute atomic E-state index is 0.127. The fraction of sp³-hybridized carbons (Fsp3) is 0.250. The monoisotopic (exact) mass is 1650 g/mol. The number of hydrogen-bond acceptors (Lipinski definition) is 20. The molecule has 0 radical (unpaired) electrons. The number of aromatic nitrogens is 18. The van der Waals surface area contributed by atoms with Gasteiger partial charge in [-0.3, -0.25) is 36.4 Å². The van der Waals surface area contributed by atoms with E-state index in [0.717, 1.165) is 172 Å². The largest absolute Gasteiger partial charge is 0.493 e. The number of nitrogens with zero attached hydrogens (tertiary/aromatic N) is 19. The summed E-state index contributed by atoms with van der Waals surface area (Å²) in [6, 6.07) is 29.3. The predicted molar refractivity (Wildman–Crippen MR) is 458 cm³/mol. The van der Waals surface area contributed by atoms with Gasteiger partial charge in [-0.05, 0) is 138 Å². The van der Waals surface area contributed by atoms with E-state index < -0.39 is 0 Å². The van der Waals surface area contributed by atoms with Crippen molar-refractivity contribution in [1.82, 2.24) is 91.7 Å². The van der Waals surface area contributed by atoms with Gasteiger partial charge in [-0.1, -0.05) is 41.4 Å². The van der Waals surface area contributed by atoms with Gasteiger partial charge >= 0.3 is 0 Å². The van der Waals surface area contributed by atoms with Crippen molar-refractivity contribution in [3.63, 3.8) is 0 Å². The summed E-state index contributed by atoms with van der Waals surface area (Å²) in [6.45, 7) is 17.5. The van der Waals surface area contributed by atoms with Crippen LogP contribution >= 0.6 is 23.2 Å². The molecule has 610 valence electrons. The molecule has 20 rings (SSSR count). The number of halogens is 4. The zero-order valence-corrected chi connectivity index (χ0v) is 69.6. The Morgan fingerprint density at radius 1 is 0.442 bits per heavy atom. The average Bonchev–Trinajstić information content (AvgIpc) is 1.61. The van der Waals surface area contributed by atoms with Crippen LogP contribution in [-0.2, 0) is 66.6 Å². The van der Waals surface area contributed by atoms with Crippen molar-refractivity contribution in [3.8, 4) is 62.1 Å². The number of anilines is 4. The maximum atomic E-state index is 14.6. The van der Waals surface area contributed by atoms with Gasteiger partial charge in [0.25, 0.3) is 5.91 Å². The van der Waals surface area contributed by atoms with Gasteiger partial charge in [0.15, 0.2) is 16.9 Å². The lowest BCUT2D eigenvalue weighted by molar-refractivity contribution is 0.0827. The molecule has 0 saturated carbocycles. The Morgan fingerprint density at radius 3 is 1.33 bits per heavy atom. The van der Waals surface area contributed by atoms with Crippen LogP contribution in [0.4, 0.5) is 32.6 Å². The lowest BCUT2D eigenvalue weighted by Gasteiger charge is -2.14. The number of aryl methyl sites for hydroxylation is 10. The van der Waals surface area contributed by atoms with Gasteiger partial charge in [0.2, 0.25) is 23.8 Å². The predicted octanol–water partition coefficient (Wildman–Crippen LogP) is 16.2. The van der Waals surface area contributed by atoms with Crippen molar-refractivity contribution in [2.45, 2.75) is 93.9 Å². The molecule has 0 bridgehead atoms. The highest BCUT2D eigenvalue weighted by molar-refractivity contribution is 6.34. The van der Waals surface area contributed by atoms with Crippen LogP contribution < -0.4 is 35.5 Å². The van der Waals surface area contributed by atoms with Gasteiger partial charge in [-0.15, -0.1) is 0 Å². The van der Waals surface area contributed by atoms with Gasteiger partial charge in [0.1, 0.15) is 40.1 Å². The lowest BCUT2D eigenvalue weighted by Crippen LogP contribution is -2.21.